The minimum absolute atomic E-state index is 0.196. The van der Waals surface area contributed by atoms with E-state index in [0.29, 0.717) is 22.7 Å². The van der Waals surface area contributed by atoms with Crippen LogP contribution in [-0.4, -0.2) is 44.1 Å². The second kappa shape index (κ2) is 9.59. The summed E-state index contributed by atoms with van der Waals surface area (Å²) < 4.78 is 15.2. The average Bonchev–Trinajstić information content (AvgIpc) is 2.71. The van der Waals surface area contributed by atoms with Crippen molar-refractivity contribution in [3.8, 4) is 11.5 Å². The van der Waals surface area contributed by atoms with Gasteiger partial charge in [0.15, 0.2) is 6.61 Å². The number of nitrogens with one attached hydrogen (secondary N) is 2. The number of ether oxygens (including phenoxy) is 3. The highest BCUT2D eigenvalue weighted by atomic mass is 16.5. The summed E-state index contributed by atoms with van der Waals surface area (Å²) in [6.45, 7) is 2.91. The molecular weight excluding hydrogens is 376 g/mol. The Labute approximate surface area is 169 Å². The van der Waals surface area contributed by atoms with Crippen LogP contribution in [0.1, 0.15) is 24.2 Å². The molecule has 0 unspecified atom stereocenters. The van der Waals surface area contributed by atoms with Crippen LogP contribution in [0.3, 0.4) is 0 Å². The van der Waals surface area contributed by atoms with E-state index in [4.69, 9.17) is 9.47 Å². The molecule has 0 aromatic heterocycles. The van der Waals surface area contributed by atoms with Gasteiger partial charge in [0, 0.05) is 17.3 Å². The normalized spacial score (nSPS) is 10.6. The molecule has 154 valence electrons. The third-order valence-corrected chi connectivity index (χ3v) is 3.96. The highest BCUT2D eigenvalue weighted by Gasteiger charge is 2.30. The van der Waals surface area contributed by atoms with E-state index in [1.807, 2.05) is 0 Å². The van der Waals surface area contributed by atoms with E-state index in [-0.39, 0.29) is 12.5 Å². The minimum Gasteiger partial charge on any atom is -0.497 e. The van der Waals surface area contributed by atoms with Crippen LogP contribution in [0, 0.1) is 0 Å². The van der Waals surface area contributed by atoms with Crippen molar-refractivity contribution in [2.45, 2.75) is 19.4 Å². The molecule has 0 heterocycles. The first-order valence-electron chi connectivity index (χ1n) is 8.83. The van der Waals surface area contributed by atoms with Crippen LogP contribution in [0.25, 0.3) is 0 Å². The minimum atomic E-state index is -1.15. The molecule has 2 N–H and O–H groups in total. The Morgan fingerprint density at radius 2 is 1.66 bits per heavy atom. The summed E-state index contributed by atoms with van der Waals surface area (Å²) in [5.74, 6) is -0.252. The SMILES string of the molecule is COC(=O)C(C)(C)NC(=O)c1ccc(OCC(=O)Nc2cccc(OC)c2)cc1. The second-order valence-corrected chi connectivity index (χ2v) is 6.66. The van der Waals surface area contributed by atoms with Gasteiger partial charge >= 0.3 is 5.97 Å². The van der Waals surface area contributed by atoms with Crippen molar-refractivity contribution in [1.29, 1.82) is 0 Å². The zero-order valence-corrected chi connectivity index (χ0v) is 16.8. The molecule has 0 saturated carbocycles. The van der Waals surface area contributed by atoms with E-state index >= 15 is 0 Å². The number of carbonyl (C=O) groups is 3. The molecule has 0 saturated heterocycles. The Morgan fingerprint density at radius 1 is 0.966 bits per heavy atom. The number of esters is 1. The van der Waals surface area contributed by atoms with Gasteiger partial charge in [0.1, 0.15) is 17.0 Å². The summed E-state index contributed by atoms with van der Waals surface area (Å²) in [4.78, 5) is 36.0. The fourth-order valence-corrected chi connectivity index (χ4v) is 2.41. The van der Waals surface area contributed by atoms with E-state index in [1.54, 1.807) is 57.4 Å². The van der Waals surface area contributed by atoms with E-state index in [2.05, 4.69) is 15.4 Å². The lowest BCUT2D eigenvalue weighted by Gasteiger charge is -2.23. The van der Waals surface area contributed by atoms with E-state index < -0.39 is 17.4 Å². The number of methoxy groups -OCH3 is 2. The summed E-state index contributed by atoms with van der Waals surface area (Å²) >= 11 is 0. The maximum atomic E-state index is 12.3. The third-order valence-electron chi connectivity index (χ3n) is 3.96. The number of hydrogen-bond donors (Lipinski definition) is 2. The number of rotatable bonds is 8. The Balaban J connectivity index is 1.89. The van der Waals surface area contributed by atoms with Gasteiger partial charge in [-0.1, -0.05) is 6.07 Å². The van der Waals surface area contributed by atoms with Crippen molar-refractivity contribution >= 4 is 23.5 Å². The summed E-state index contributed by atoms with van der Waals surface area (Å²) in [6, 6.07) is 13.2. The first-order chi connectivity index (χ1) is 13.7. The lowest BCUT2D eigenvalue weighted by Crippen LogP contribution is -2.50. The van der Waals surface area contributed by atoms with Crippen LogP contribution in [-0.2, 0) is 14.3 Å². The molecule has 0 atom stereocenters. The fourth-order valence-electron chi connectivity index (χ4n) is 2.41. The highest BCUT2D eigenvalue weighted by Crippen LogP contribution is 2.17. The molecule has 0 fully saturated rings. The van der Waals surface area contributed by atoms with Gasteiger partial charge in [-0.2, -0.15) is 0 Å². The monoisotopic (exact) mass is 400 g/mol. The van der Waals surface area contributed by atoms with Crippen LogP contribution in [0.2, 0.25) is 0 Å². The van der Waals surface area contributed by atoms with E-state index in [0.717, 1.165) is 0 Å². The standard InChI is InChI=1S/C21H24N2O6/c1-21(2,20(26)28-4)23-19(25)14-8-10-16(11-9-14)29-13-18(24)22-15-6-5-7-17(12-15)27-3/h5-12H,13H2,1-4H3,(H,22,24)(H,23,25). The van der Waals surface area contributed by atoms with Gasteiger partial charge in [0.05, 0.1) is 14.2 Å². The smallest absolute Gasteiger partial charge is 0.330 e. The topological polar surface area (TPSA) is 103 Å². The first-order valence-corrected chi connectivity index (χ1v) is 8.83. The van der Waals surface area contributed by atoms with Gasteiger partial charge < -0.3 is 24.8 Å². The molecular formula is C21H24N2O6. The molecule has 8 heteroatoms. The number of anilines is 1. The van der Waals surface area contributed by atoms with Crippen molar-refractivity contribution in [2.24, 2.45) is 0 Å². The maximum Gasteiger partial charge on any atom is 0.330 e. The molecule has 2 rings (SSSR count). The molecule has 8 nitrogen and oxygen atoms in total. The molecule has 0 bridgehead atoms. The second-order valence-electron chi connectivity index (χ2n) is 6.66. The number of carbonyl (C=O) groups excluding carboxylic acids is 3. The van der Waals surface area contributed by atoms with E-state index in [1.165, 1.54) is 19.2 Å². The number of amides is 2. The van der Waals surface area contributed by atoms with Crippen molar-refractivity contribution in [1.82, 2.24) is 5.32 Å². The van der Waals surface area contributed by atoms with Crippen LogP contribution >= 0.6 is 0 Å². The highest BCUT2D eigenvalue weighted by molar-refractivity contribution is 5.98. The molecule has 2 amide bonds. The molecule has 0 aliphatic carbocycles. The summed E-state index contributed by atoms with van der Waals surface area (Å²) in [6.07, 6.45) is 0. The Bertz CT molecular complexity index is 877. The molecule has 2 aromatic rings. The van der Waals surface area contributed by atoms with Gasteiger partial charge in [0.2, 0.25) is 0 Å². The van der Waals surface area contributed by atoms with Crippen molar-refractivity contribution in [3.63, 3.8) is 0 Å². The lowest BCUT2D eigenvalue weighted by molar-refractivity contribution is -0.146. The molecule has 29 heavy (non-hydrogen) atoms. The summed E-state index contributed by atoms with van der Waals surface area (Å²) in [5, 5.41) is 5.31. The van der Waals surface area contributed by atoms with Crippen LogP contribution in [0.4, 0.5) is 5.69 Å². The van der Waals surface area contributed by atoms with Crippen molar-refractivity contribution in [2.75, 3.05) is 26.1 Å². The third kappa shape index (κ3) is 6.24. The lowest BCUT2D eigenvalue weighted by atomic mass is 10.1. The largest absolute Gasteiger partial charge is 0.497 e. The Hall–Kier alpha value is -3.55. The quantitative estimate of drug-likeness (QED) is 0.660. The van der Waals surface area contributed by atoms with Gasteiger partial charge in [-0.3, -0.25) is 9.59 Å². The Morgan fingerprint density at radius 3 is 2.28 bits per heavy atom. The maximum absolute atomic E-state index is 12.3. The molecule has 2 aromatic carbocycles. The predicted molar refractivity (Wildman–Crippen MR) is 107 cm³/mol. The van der Waals surface area contributed by atoms with Crippen LogP contribution in [0.5, 0.6) is 11.5 Å². The van der Waals surface area contributed by atoms with Gasteiger partial charge in [0.25, 0.3) is 11.8 Å². The first kappa shape index (κ1) is 21.7. The average molecular weight is 400 g/mol. The summed E-state index contributed by atoms with van der Waals surface area (Å²) in [5.41, 5.74) is -0.215. The van der Waals surface area contributed by atoms with Crippen LogP contribution < -0.4 is 20.1 Å². The summed E-state index contributed by atoms with van der Waals surface area (Å²) in [7, 11) is 2.80. The zero-order chi connectivity index (χ0) is 21.4. The molecule has 0 radical (unpaired) electrons. The van der Waals surface area contributed by atoms with Crippen molar-refractivity contribution in [3.05, 3.63) is 54.1 Å². The molecule has 0 aliphatic heterocycles. The van der Waals surface area contributed by atoms with Gasteiger partial charge in [-0.15, -0.1) is 0 Å². The van der Waals surface area contributed by atoms with Gasteiger partial charge in [-0.25, -0.2) is 4.79 Å². The molecule has 0 aliphatic rings. The predicted octanol–water partition coefficient (Wildman–Crippen LogP) is 2.39. The zero-order valence-electron chi connectivity index (χ0n) is 16.8. The van der Waals surface area contributed by atoms with Crippen molar-refractivity contribution < 1.29 is 28.6 Å². The number of hydrogen-bond acceptors (Lipinski definition) is 6. The number of benzene rings is 2. The van der Waals surface area contributed by atoms with Crippen LogP contribution in [0.15, 0.2) is 48.5 Å². The molecule has 0 spiro atoms. The van der Waals surface area contributed by atoms with E-state index in [9.17, 15) is 14.4 Å². The van der Waals surface area contributed by atoms with Gasteiger partial charge in [-0.05, 0) is 50.2 Å². The fraction of sp³-hybridized carbons (Fsp3) is 0.286. The Kier molecular flexibility index (Phi) is 7.19.